The standard InChI is InChI=1S/C19H22F3NO3S/c1-13-16(14-7-5-4-6-8-14)17(25)23(12-26-13)18(2,3)15(24)9-10-27-11-19(20,21)22/h4-8H,9-12H2,1-3H3. The topological polar surface area (TPSA) is 46.6 Å². The highest BCUT2D eigenvalue weighted by Crippen LogP contribution is 2.31. The average molecular weight is 401 g/mol. The Morgan fingerprint density at radius 2 is 1.85 bits per heavy atom. The third-order valence-electron chi connectivity index (χ3n) is 4.38. The van der Waals surface area contributed by atoms with E-state index in [0.717, 1.165) is 0 Å². The third kappa shape index (κ3) is 5.28. The van der Waals surface area contributed by atoms with Crippen LogP contribution >= 0.6 is 11.8 Å². The molecule has 1 aromatic carbocycles. The number of thioether (sulfide) groups is 1. The van der Waals surface area contributed by atoms with Crippen LogP contribution in [0.2, 0.25) is 0 Å². The largest absolute Gasteiger partial charge is 0.477 e. The summed E-state index contributed by atoms with van der Waals surface area (Å²) in [5, 5.41) is 0. The minimum Gasteiger partial charge on any atom is -0.477 e. The van der Waals surface area contributed by atoms with Crippen molar-refractivity contribution in [2.24, 2.45) is 0 Å². The zero-order valence-corrected chi connectivity index (χ0v) is 16.2. The Kier molecular flexibility index (Phi) is 6.62. The second-order valence-corrected chi connectivity index (χ2v) is 7.81. The number of ketones is 1. The summed E-state index contributed by atoms with van der Waals surface area (Å²) in [4.78, 5) is 27.0. The molecule has 0 aromatic heterocycles. The summed E-state index contributed by atoms with van der Waals surface area (Å²) in [6.45, 7) is 4.80. The van der Waals surface area contributed by atoms with Crippen molar-refractivity contribution in [3.8, 4) is 0 Å². The zero-order chi connectivity index (χ0) is 20.2. The van der Waals surface area contributed by atoms with Gasteiger partial charge >= 0.3 is 6.18 Å². The van der Waals surface area contributed by atoms with E-state index in [1.165, 1.54) is 4.90 Å². The molecular formula is C19H22F3NO3S. The van der Waals surface area contributed by atoms with Gasteiger partial charge in [-0.1, -0.05) is 30.3 Å². The van der Waals surface area contributed by atoms with E-state index < -0.39 is 17.5 Å². The third-order valence-corrected chi connectivity index (χ3v) is 5.40. The van der Waals surface area contributed by atoms with Gasteiger partial charge in [-0.2, -0.15) is 24.9 Å². The van der Waals surface area contributed by atoms with Crippen LogP contribution in [-0.4, -0.2) is 46.5 Å². The summed E-state index contributed by atoms with van der Waals surface area (Å²) in [5.74, 6) is -1.10. The molecule has 27 heavy (non-hydrogen) atoms. The van der Waals surface area contributed by atoms with Gasteiger partial charge in [-0.15, -0.1) is 0 Å². The van der Waals surface area contributed by atoms with Crippen molar-refractivity contribution in [3.05, 3.63) is 41.7 Å². The van der Waals surface area contributed by atoms with Gasteiger partial charge in [0.25, 0.3) is 5.91 Å². The Bertz CT molecular complexity index is 729. The lowest BCUT2D eigenvalue weighted by Crippen LogP contribution is -2.55. The smallest absolute Gasteiger partial charge is 0.397 e. The van der Waals surface area contributed by atoms with Gasteiger partial charge in [0.15, 0.2) is 12.5 Å². The Labute approximate surface area is 160 Å². The molecule has 148 valence electrons. The van der Waals surface area contributed by atoms with Crippen molar-refractivity contribution in [1.82, 2.24) is 4.90 Å². The molecule has 1 aromatic rings. The first-order valence-electron chi connectivity index (χ1n) is 8.43. The summed E-state index contributed by atoms with van der Waals surface area (Å²) in [7, 11) is 0. The second-order valence-electron chi connectivity index (χ2n) is 6.70. The summed E-state index contributed by atoms with van der Waals surface area (Å²) >= 11 is 0.660. The van der Waals surface area contributed by atoms with E-state index in [9.17, 15) is 22.8 Å². The molecule has 0 spiro atoms. The van der Waals surface area contributed by atoms with Gasteiger partial charge < -0.3 is 4.74 Å². The molecule has 0 saturated carbocycles. The number of benzene rings is 1. The van der Waals surface area contributed by atoms with E-state index in [0.29, 0.717) is 28.7 Å². The average Bonchev–Trinajstić information content (AvgIpc) is 2.58. The normalized spacial score (nSPS) is 15.8. The Hall–Kier alpha value is -1.96. The first kappa shape index (κ1) is 21.3. The number of rotatable bonds is 7. The molecule has 0 N–H and O–H groups in total. The number of alkyl halides is 3. The number of nitrogens with zero attached hydrogens (tertiary/aromatic N) is 1. The number of amides is 1. The van der Waals surface area contributed by atoms with Gasteiger partial charge in [0.2, 0.25) is 0 Å². The van der Waals surface area contributed by atoms with Crippen molar-refractivity contribution in [2.45, 2.75) is 38.9 Å². The number of halogens is 3. The first-order chi connectivity index (χ1) is 12.5. The predicted octanol–water partition coefficient (Wildman–Crippen LogP) is 4.27. The lowest BCUT2D eigenvalue weighted by atomic mass is 9.92. The molecule has 0 unspecified atom stereocenters. The van der Waals surface area contributed by atoms with Crippen molar-refractivity contribution >= 4 is 29.0 Å². The molecule has 0 atom stereocenters. The minimum absolute atomic E-state index is 0.0467. The molecule has 4 nitrogen and oxygen atoms in total. The highest BCUT2D eigenvalue weighted by Gasteiger charge is 2.41. The van der Waals surface area contributed by atoms with Gasteiger partial charge in [-0.3, -0.25) is 14.5 Å². The highest BCUT2D eigenvalue weighted by molar-refractivity contribution is 7.99. The molecule has 1 aliphatic rings. The first-order valence-corrected chi connectivity index (χ1v) is 9.58. The number of allylic oxidation sites excluding steroid dienone is 1. The Morgan fingerprint density at radius 3 is 2.44 bits per heavy atom. The van der Waals surface area contributed by atoms with Gasteiger partial charge in [0, 0.05) is 12.2 Å². The zero-order valence-electron chi connectivity index (χ0n) is 15.4. The predicted molar refractivity (Wildman–Crippen MR) is 98.9 cm³/mol. The summed E-state index contributed by atoms with van der Waals surface area (Å²) in [6, 6.07) is 9.00. The van der Waals surface area contributed by atoms with Gasteiger partial charge in [0.1, 0.15) is 5.76 Å². The fourth-order valence-electron chi connectivity index (χ4n) is 2.73. The SMILES string of the molecule is CC1=C(c2ccccc2)C(=O)N(C(C)(C)C(=O)CCSCC(F)(F)F)CO1. The van der Waals surface area contributed by atoms with E-state index in [-0.39, 0.29) is 30.6 Å². The fraction of sp³-hybridized carbons (Fsp3) is 0.474. The van der Waals surface area contributed by atoms with Crippen molar-refractivity contribution < 1.29 is 27.5 Å². The maximum atomic E-state index is 13.0. The molecule has 0 radical (unpaired) electrons. The maximum absolute atomic E-state index is 13.0. The van der Waals surface area contributed by atoms with Gasteiger partial charge in [0.05, 0.1) is 16.9 Å². The lowest BCUT2D eigenvalue weighted by molar-refractivity contribution is -0.148. The molecule has 0 bridgehead atoms. The Balaban J connectivity index is 2.10. The number of Topliss-reactive ketones (excluding diaryl/α,β-unsaturated/α-hetero) is 1. The molecule has 1 aliphatic heterocycles. The van der Waals surface area contributed by atoms with Crippen LogP contribution in [0.3, 0.4) is 0 Å². The molecule has 0 aliphatic carbocycles. The van der Waals surface area contributed by atoms with Crippen LogP contribution in [0.15, 0.2) is 36.1 Å². The minimum atomic E-state index is -4.26. The molecule has 2 rings (SSSR count). The highest BCUT2D eigenvalue weighted by atomic mass is 32.2. The van der Waals surface area contributed by atoms with Crippen LogP contribution in [0.5, 0.6) is 0 Å². The lowest BCUT2D eigenvalue weighted by Gasteiger charge is -2.40. The van der Waals surface area contributed by atoms with Gasteiger partial charge in [-0.05, 0) is 26.3 Å². The monoisotopic (exact) mass is 401 g/mol. The molecular weight excluding hydrogens is 379 g/mol. The van der Waals surface area contributed by atoms with Crippen LogP contribution in [-0.2, 0) is 14.3 Å². The molecule has 0 saturated heterocycles. The number of ether oxygens (including phenoxy) is 1. The van der Waals surface area contributed by atoms with Crippen LogP contribution in [0, 0.1) is 0 Å². The van der Waals surface area contributed by atoms with Crippen LogP contribution in [0.1, 0.15) is 32.8 Å². The number of carbonyl (C=O) groups is 2. The summed E-state index contributed by atoms with van der Waals surface area (Å²) in [5.41, 5.74) is -0.112. The number of hydrogen-bond acceptors (Lipinski definition) is 4. The van der Waals surface area contributed by atoms with Crippen LogP contribution < -0.4 is 0 Å². The summed E-state index contributed by atoms with van der Waals surface area (Å²) in [6.07, 6.45) is -4.31. The number of hydrogen-bond donors (Lipinski definition) is 0. The van der Waals surface area contributed by atoms with E-state index >= 15 is 0 Å². The molecule has 0 fully saturated rings. The fourth-order valence-corrected chi connectivity index (χ4v) is 3.44. The van der Waals surface area contributed by atoms with E-state index in [1.54, 1.807) is 45.0 Å². The quantitative estimate of drug-likeness (QED) is 0.641. The summed E-state index contributed by atoms with van der Waals surface area (Å²) < 4.78 is 42.3. The van der Waals surface area contributed by atoms with E-state index in [2.05, 4.69) is 0 Å². The second kappa shape index (κ2) is 8.37. The van der Waals surface area contributed by atoms with Gasteiger partial charge in [-0.25, -0.2) is 0 Å². The van der Waals surface area contributed by atoms with Crippen LogP contribution in [0.4, 0.5) is 13.2 Å². The van der Waals surface area contributed by atoms with Crippen molar-refractivity contribution in [1.29, 1.82) is 0 Å². The number of carbonyl (C=O) groups excluding carboxylic acids is 2. The molecule has 1 heterocycles. The van der Waals surface area contributed by atoms with E-state index in [1.807, 2.05) is 6.07 Å². The van der Waals surface area contributed by atoms with E-state index in [4.69, 9.17) is 4.74 Å². The Morgan fingerprint density at radius 1 is 1.22 bits per heavy atom. The molecule has 8 heteroatoms. The van der Waals surface area contributed by atoms with Crippen molar-refractivity contribution in [2.75, 3.05) is 18.2 Å². The molecule has 1 amide bonds. The maximum Gasteiger partial charge on any atom is 0.397 e. The van der Waals surface area contributed by atoms with Crippen molar-refractivity contribution in [3.63, 3.8) is 0 Å². The van der Waals surface area contributed by atoms with Crippen LogP contribution in [0.25, 0.3) is 5.57 Å².